The van der Waals surface area contributed by atoms with E-state index >= 15 is 0 Å². The van der Waals surface area contributed by atoms with Gasteiger partial charge in [-0.05, 0) is 6.07 Å². The maximum absolute atomic E-state index is 13.0. The summed E-state index contributed by atoms with van der Waals surface area (Å²) in [5, 5.41) is 0. The fourth-order valence-corrected chi connectivity index (χ4v) is 1.17. The van der Waals surface area contributed by atoms with Crippen molar-refractivity contribution in [3.63, 3.8) is 0 Å². The van der Waals surface area contributed by atoms with E-state index in [1.807, 2.05) is 0 Å². The number of hydrogen-bond donors (Lipinski definition) is 1. The lowest BCUT2D eigenvalue weighted by Gasteiger charge is -2.14. The quantitative estimate of drug-likeness (QED) is 0.756. The third-order valence-corrected chi connectivity index (χ3v) is 1.94. The van der Waals surface area contributed by atoms with Gasteiger partial charge in [0.1, 0.15) is 0 Å². The Morgan fingerprint density at radius 1 is 1.21 bits per heavy atom. The molecule has 1 aromatic carbocycles. The molecule has 0 aliphatic rings. The number of rotatable bonds is 3. The van der Waals surface area contributed by atoms with Crippen LogP contribution in [-0.2, 0) is 0 Å². The number of alkyl halides is 2. The van der Waals surface area contributed by atoms with E-state index in [1.54, 1.807) is 0 Å². The van der Waals surface area contributed by atoms with E-state index in [4.69, 9.17) is 5.73 Å². The first-order chi connectivity index (χ1) is 6.57. The number of benzene rings is 1. The monoisotopic (exact) mass is 207 g/mol. The van der Waals surface area contributed by atoms with Gasteiger partial charge in [-0.3, -0.25) is 0 Å². The molecule has 0 unspecified atom stereocenters. The fourth-order valence-electron chi connectivity index (χ4n) is 1.17. The SMILES string of the molecule is NC[C@H](c1cccc(F)c1F)C(F)F. The molecule has 0 spiro atoms. The zero-order valence-corrected chi connectivity index (χ0v) is 7.18. The number of nitrogens with two attached hydrogens (primary N) is 1. The highest BCUT2D eigenvalue weighted by Crippen LogP contribution is 2.25. The van der Waals surface area contributed by atoms with Gasteiger partial charge in [-0.15, -0.1) is 0 Å². The molecule has 1 nitrogen and oxygen atoms in total. The highest BCUT2D eigenvalue weighted by atomic mass is 19.3. The van der Waals surface area contributed by atoms with Crippen LogP contribution in [-0.4, -0.2) is 13.0 Å². The molecule has 0 saturated heterocycles. The van der Waals surface area contributed by atoms with E-state index in [0.717, 1.165) is 12.1 Å². The Balaban J connectivity index is 3.10. The Labute approximate surface area is 78.5 Å². The smallest absolute Gasteiger partial charge is 0.246 e. The van der Waals surface area contributed by atoms with Crippen LogP contribution in [0.25, 0.3) is 0 Å². The van der Waals surface area contributed by atoms with E-state index in [0.29, 0.717) is 0 Å². The summed E-state index contributed by atoms with van der Waals surface area (Å²) in [4.78, 5) is 0. The van der Waals surface area contributed by atoms with Crippen molar-refractivity contribution < 1.29 is 17.6 Å². The van der Waals surface area contributed by atoms with Crippen molar-refractivity contribution in [1.29, 1.82) is 0 Å². The summed E-state index contributed by atoms with van der Waals surface area (Å²) in [6.07, 6.45) is -2.80. The van der Waals surface area contributed by atoms with Crippen molar-refractivity contribution in [2.24, 2.45) is 5.73 Å². The Bertz CT molecular complexity index is 314. The molecule has 78 valence electrons. The van der Waals surface area contributed by atoms with Crippen molar-refractivity contribution in [2.45, 2.75) is 12.3 Å². The predicted molar refractivity (Wildman–Crippen MR) is 44.2 cm³/mol. The van der Waals surface area contributed by atoms with Gasteiger partial charge >= 0.3 is 0 Å². The molecule has 5 heteroatoms. The van der Waals surface area contributed by atoms with Crippen LogP contribution in [0.5, 0.6) is 0 Å². The summed E-state index contributed by atoms with van der Waals surface area (Å²) in [5.74, 6) is -3.84. The zero-order valence-electron chi connectivity index (χ0n) is 7.18. The van der Waals surface area contributed by atoms with Crippen molar-refractivity contribution in [3.05, 3.63) is 35.4 Å². The molecule has 0 heterocycles. The Morgan fingerprint density at radius 2 is 1.86 bits per heavy atom. The van der Waals surface area contributed by atoms with Crippen LogP contribution in [0.15, 0.2) is 18.2 Å². The number of hydrogen-bond acceptors (Lipinski definition) is 1. The second-order valence-corrected chi connectivity index (χ2v) is 2.82. The summed E-state index contributed by atoms with van der Waals surface area (Å²) < 4.78 is 50.4. The molecule has 1 aromatic rings. The molecule has 14 heavy (non-hydrogen) atoms. The Kier molecular flexibility index (Phi) is 3.46. The van der Waals surface area contributed by atoms with Gasteiger partial charge in [0.05, 0.1) is 5.92 Å². The van der Waals surface area contributed by atoms with Crippen LogP contribution < -0.4 is 5.73 Å². The van der Waals surface area contributed by atoms with Gasteiger partial charge in [0, 0.05) is 12.1 Å². The van der Waals surface area contributed by atoms with Crippen molar-refractivity contribution in [3.8, 4) is 0 Å². The highest BCUT2D eigenvalue weighted by molar-refractivity contribution is 5.23. The van der Waals surface area contributed by atoms with Gasteiger partial charge in [-0.25, -0.2) is 17.6 Å². The lowest BCUT2D eigenvalue weighted by atomic mass is 9.99. The molecule has 0 fully saturated rings. The minimum absolute atomic E-state index is 0.373. The molecule has 0 bridgehead atoms. The first-order valence-corrected chi connectivity index (χ1v) is 4.00. The first-order valence-electron chi connectivity index (χ1n) is 4.00. The van der Waals surface area contributed by atoms with Crippen LogP contribution >= 0.6 is 0 Å². The van der Waals surface area contributed by atoms with Crippen molar-refractivity contribution >= 4 is 0 Å². The second kappa shape index (κ2) is 4.41. The molecular weight excluding hydrogens is 198 g/mol. The van der Waals surface area contributed by atoms with Crippen LogP contribution in [0.4, 0.5) is 17.6 Å². The second-order valence-electron chi connectivity index (χ2n) is 2.82. The van der Waals surface area contributed by atoms with Crippen LogP contribution in [0.3, 0.4) is 0 Å². The van der Waals surface area contributed by atoms with Crippen LogP contribution in [0.2, 0.25) is 0 Å². The van der Waals surface area contributed by atoms with Gasteiger partial charge in [-0.2, -0.15) is 0 Å². The van der Waals surface area contributed by atoms with E-state index in [-0.39, 0.29) is 5.56 Å². The molecule has 0 aliphatic carbocycles. The molecule has 0 radical (unpaired) electrons. The molecule has 0 aromatic heterocycles. The minimum atomic E-state index is -2.80. The van der Waals surface area contributed by atoms with E-state index in [1.165, 1.54) is 6.07 Å². The standard InChI is InChI=1S/C9H9F4N/c10-7-3-1-2-5(8(7)11)6(4-14)9(12)13/h1-3,6,9H,4,14H2/t6-/m1/s1. The molecular formula is C9H9F4N. The third-order valence-electron chi connectivity index (χ3n) is 1.94. The van der Waals surface area contributed by atoms with E-state index < -0.39 is 30.5 Å². The maximum atomic E-state index is 13.0. The zero-order chi connectivity index (χ0) is 10.7. The maximum Gasteiger partial charge on any atom is 0.246 e. The summed E-state index contributed by atoms with van der Waals surface area (Å²) in [7, 11) is 0. The van der Waals surface area contributed by atoms with Crippen LogP contribution in [0, 0.1) is 11.6 Å². The van der Waals surface area contributed by atoms with Gasteiger partial charge in [0.2, 0.25) is 6.43 Å². The summed E-state index contributed by atoms with van der Waals surface area (Å²) in [6, 6.07) is 3.17. The van der Waals surface area contributed by atoms with E-state index in [9.17, 15) is 17.6 Å². The normalized spacial score (nSPS) is 13.3. The van der Waals surface area contributed by atoms with Crippen molar-refractivity contribution in [1.82, 2.24) is 0 Å². The van der Waals surface area contributed by atoms with Gasteiger partial charge < -0.3 is 5.73 Å². The molecule has 0 amide bonds. The molecule has 1 atom stereocenters. The molecule has 1 rings (SSSR count). The van der Waals surface area contributed by atoms with Gasteiger partial charge in [0.15, 0.2) is 11.6 Å². The minimum Gasteiger partial charge on any atom is -0.330 e. The summed E-state index contributed by atoms with van der Waals surface area (Å²) in [5.41, 5.74) is 4.68. The average molecular weight is 207 g/mol. The number of halogens is 4. The Morgan fingerprint density at radius 3 is 2.36 bits per heavy atom. The first kappa shape index (κ1) is 11.0. The summed E-state index contributed by atoms with van der Waals surface area (Å²) >= 11 is 0. The third kappa shape index (κ3) is 2.04. The van der Waals surface area contributed by atoms with Gasteiger partial charge in [0.25, 0.3) is 0 Å². The van der Waals surface area contributed by atoms with E-state index in [2.05, 4.69) is 0 Å². The fraction of sp³-hybridized carbons (Fsp3) is 0.333. The average Bonchev–Trinajstić information content (AvgIpc) is 2.13. The molecule has 0 aliphatic heterocycles. The predicted octanol–water partition coefficient (Wildman–Crippen LogP) is 2.27. The van der Waals surface area contributed by atoms with Gasteiger partial charge in [-0.1, -0.05) is 12.1 Å². The van der Waals surface area contributed by atoms with Crippen molar-refractivity contribution in [2.75, 3.05) is 6.54 Å². The summed E-state index contributed by atoms with van der Waals surface area (Å²) in [6.45, 7) is -0.419. The topological polar surface area (TPSA) is 26.0 Å². The molecule has 2 N–H and O–H groups in total. The lowest BCUT2D eigenvalue weighted by molar-refractivity contribution is 0.115. The Hall–Kier alpha value is -1.10. The molecule has 0 saturated carbocycles. The highest BCUT2D eigenvalue weighted by Gasteiger charge is 2.24. The largest absolute Gasteiger partial charge is 0.330 e. The van der Waals surface area contributed by atoms with Crippen LogP contribution in [0.1, 0.15) is 11.5 Å². The lowest BCUT2D eigenvalue weighted by Crippen LogP contribution is -2.21.